The third-order valence-electron chi connectivity index (χ3n) is 6.00. The second-order valence-electron chi connectivity index (χ2n) is 8.29. The van der Waals surface area contributed by atoms with Crippen LogP contribution >= 0.6 is 23.2 Å². The maximum atomic E-state index is 12.8. The lowest BCUT2D eigenvalue weighted by atomic mass is 9.97. The topological polar surface area (TPSA) is 73.5 Å². The number of urea groups is 2. The lowest BCUT2D eigenvalue weighted by Gasteiger charge is -2.36. The van der Waals surface area contributed by atoms with E-state index in [1.54, 1.807) is 23.1 Å². The first-order chi connectivity index (χ1) is 14.5. The highest BCUT2D eigenvalue weighted by Gasteiger charge is 2.27. The Morgan fingerprint density at radius 2 is 1.59 bits per heavy atom. The van der Waals surface area contributed by atoms with Crippen molar-refractivity contribution in [2.24, 2.45) is 0 Å². The molecule has 3 N–H and O–H groups in total. The molecule has 2 fully saturated rings. The Bertz CT molecular complexity index is 724. The van der Waals surface area contributed by atoms with Crippen molar-refractivity contribution < 1.29 is 9.59 Å². The van der Waals surface area contributed by atoms with Crippen molar-refractivity contribution in [1.82, 2.24) is 15.5 Å². The highest BCUT2D eigenvalue weighted by atomic mass is 35.5. The van der Waals surface area contributed by atoms with Crippen molar-refractivity contribution >= 4 is 41.0 Å². The van der Waals surface area contributed by atoms with Crippen LogP contribution in [0.1, 0.15) is 79.1 Å². The molecule has 4 amide bonds. The molecular formula is C24H40Cl2N4O2. The number of halogens is 2. The molecule has 1 saturated heterocycles. The molecule has 32 heavy (non-hydrogen) atoms. The molecule has 182 valence electrons. The minimum Gasteiger partial charge on any atom is -0.336 e. The molecule has 1 aromatic carbocycles. The van der Waals surface area contributed by atoms with Gasteiger partial charge in [0.1, 0.15) is 0 Å². The molecule has 1 aliphatic heterocycles. The number of carbonyl (C=O) groups is 2. The molecule has 1 aromatic rings. The predicted molar refractivity (Wildman–Crippen MR) is 136 cm³/mol. The second kappa shape index (κ2) is 14.5. The number of hydrogen-bond acceptors (Lipinski definition) is 2. The molecule has 1 atom stereocenters. The SMILES string of the molecule is C.C.O=C(NCC1CCCCN1C(=O)Nc1ccc(Cl)cc1Cl)NC1CCCCCCC1. The Morgan fingerprint density at radius 3 is 2.28 bits per heavy atom. The summed E-state index contributed by atoms with van der Waals surface area (Å²) in [5.74, 6) is 0. The second-order valence-corrected chi connectivity index (χ2v) is 9.14. The van der Waals surface area contributed by atoms with E-state index in [-0.39, 0.29) is 39.0 Å². The summed E-state index contributed by atoms with van der Waals surface area (Å²) in [6.07, 6.45) is 11.1. The van der Waals surface area contributed by atoms with Gasteiger partial charge in [-0.15, -0.1) is 0 Å². The van der Waals surface area contributed by atoms with E-state index in [4.69, 9.17) is 23.2 Å². The fraction of sp³-hybridized carbons (Fsp3) is 0.667. The summed E-state index contributed by atoms with van der Waals surface area (Å²) in [7, 11) is 0. The maximum Gasteiger partial charge on any atom is 0.322 e. The van der Waals surface area contributed by atoms with Crippen molar-refractivity contribution in [3.8, 4) is 0 Å². The van der Waals surface area contributed by atoms with E-state index < -0.39 is 0 Å². The first-order valence-electron chi connectivity index (χ1n) is 11.1. The third kappa shape index (κ3) is 8.70. The Labute approximate surface area is 203 Å². The molecular weight excluding hydrogens is 447 g/mol. The van der Waals surface area contributed by atoms with Crippen molar-refractivity contribution in [1.29, 1.82) is 0 Å². The normalized spacial score (nSPS) is 19.4. The molecule has 0 bridgehead atoms. The van der Waals surface area contributed by atoms with E-state index >= 15 is 0 Å². The molecule has 0 aromatic heterocycles. The van der Waals surface area contributed by atoms with Crippen LogP contribution < -0.4 is 16.0 Å². The highest BCUT2D eigenvalue weighted by molar-refractivity contribution is 6.36. The molecule has 3 rings (SSSR count). The van der Waals surface area contributed by atoms with E-state index in [2.05, 4.69) is 16.0 Å². The van der Waals surface area contributed by atoms with E-state index in [0.717, 1.165) is 32.1 Å². The molecule has 1 aliphatic carbocycles. The summed E-state index contributed by atoms with van der Waals surface area (Å²) < 4.78 is 0. The van der Waals surface area contributed by atoms with Gasteiger partial charge in [0, 0.05) is 24.2 Å². The monoisotopic (exact) mass is 486 g/mol. The molecule has 1 saturated carbocycles. The lowest BCUT2D eigenvalue weighted by Crippen LogP contribution is -2.52. The zero-order valence-electron chi connectivity index (χ0n) is 17.4. The fourth-order valence-electron chi connectivity index (χ4n) is 4.31. The number of anilines is 1. The van der Waals surface area contributed by atoms with Gasteiger partial charge in [-0.2, -0.15) is 0 Å². The Kier molecular flexibility index (Phi) is 12.8. The fourth-order valence-corrected chi connectivity index (χ4v) is 4.76. The zero-order valence-corrected chi connectivity index (χ0v) is 18.9. The summed E-state index contributed by atoms with van der Waals surface area (Å²) in [6, 6.07) is 4.88. The van der Waals surface area contributed by atoms with Crippen LogP contribution in [-0.4, -0.2) is 42.1 Å². The van der Waals surface area contributed by atoms with Crippen LogP contribution in [0.3, 0.4) is 0 Å². The summed E-state index contributed by atoms with van der Waals surface area (Å²) >= 11 is 12.1. The van der Waals surface area contributed by atoms with Gasteiger partial charge in [-0.05, 0) is 50.3 Å². The van der Waals surface area contributed by atoms with Gasteiger partial charge in [0.25, 0.3) is 0 Å². The molecule has 8 heteroatoms. The molecule has 6 nitrogen and oxygen atoms in total. The molecule has 1 unspecified atom stereocenters. The van der Waals surface area contributed by atoms with Crippen LogP contribution in [0.2, 0.25) is 10.0 Å². The quantitative estimate of drug-likeness (QED) is 0.425. The molecule has 2 aliphatic rings. The third-order valence-corrected chi connectivity index (χ3v) is 6.55. The number of amides is 4. The summed E-state index contributed by atoms with van der Waals surface area (Å²) in [6.45, 7) is 1.11. The minimum atomic E-state index is -0.203. The predicted octanol–water partition coefficient (Wildman–Crippen LogP) is 7.06. The van der Waals surface area contributed by atoms with Crippen molar-refractivity contribution in [3.63, 3.8) is 0 Å². The largest absolute Gasteiger partial charge is 0.336 e. The number of hydrogen-bond donors (Lipinski definition) is 3. The first kappa shape index (κ1) is 28.4. The molecule has 0 radical (unpaired) electrons. The van der Waals surface area contributed by atoms with Crippen LogP contribution in [0.4, 0.5) is 15.3 Å². The van der Waals surface area contributed by atoms with E-state index in [1.807, 2.05) is 0 Å². The number of carbonyl (C=O) groups excluding carboxylic acids is 2. The van der Waals surface area contributed by atoms with Crippen molar-refractivity contribution in [3.05, 3.63) is 28.2 Å². The Morgan fingerprint density at radius 1 is 0.938 bits per heavy atom. The van der Waals surface area contributed by atoms with E-state index in [0.29, 0.717) is 28.8 Å². The van der Waals surface area contributed by atoms with Crippen LogP contribution in [-0.2, 0) is 0 Å². The zero-order chi connectivity index (χ0) is 21.3. The lowest BCUT2D eigenvalue weighted by molar-refractivity contribution is 0.160. The van der Waals surface area contributed by atoms with Gasteiger partial charge >= 0.3 is 12.1 Å². The maximum absolute atomic E-state index is 12.8. The average Bonchev–Trinajstić information content (AvgIpc) is 2.70. The molecule has 1 heterocycles. The Hall–Kier alpha value is -1.66. The van der Waals surface area contributed by atoms with Gasteiger partial charge in [-0.1, -0.05) is 70.2 Å². The van der Waals surface area contributed by atoms with Gasteiger partial charge in [-0.25, -0.2) is 9.59 Å². The number of nitrogens with one attached hydrogen (secondary N) is 3. The van der Waals surface area contributed by atoms with Gasteiger partial charge in [0.15, 0.2) is 0 Å². The highest BCUT2D eigenvalue weighted by Crippen LogP contribution is 2.26. The summed E-state index contributed by atoms with van der Waals surface area (Å²) in [5, 5.41) is 9.91. The van der Waals surface area contributed by atoms with Crippen molar-refractivity contribution in [2.45, 2.75) is 91.1 Å². The van der Waals surface area contributed by atoms with Gasteiger partial charge in [-0.3, -0.25) is 0 Å². The van der Waals surface area contributed by atoms with Gasteiger partial charge < -0.3 is 20.9 Å². The number of rotatable bonds is 4. The summed E-state index contributed by atoms with van der Waals surface area (Å²) in [4.78, 5) is 27.1. The standard InChI is InChI=1S/C22H32Cl2N4O2.2CH4/c23-16-11-12-20(19(24)14-16)27-22(30)28-13-7-6-10-18(28)15-25-21(29)26-17-8-4-2-1-3-5-9-17;;/h11-12,14,17-18H,1-10,13,15H2,(H,27,30)(H2,25,26,29);2*1H4. The minimum absolute atomic E-state index is 0. The molecule has 0 spiro atoms. The number of nitrogens with zero attached hydrogens (tertiary/aromatic N) is 1. The van der Waals surface area contributed by atoms with Crippen LogP contribution in [0.25, 0.3) is 0 Å². The number of benzene rings is 1. The van der Waals surface area contributed by atoms with E-state index in [1.165, 1.54) is 32.1 Å². The number of likely N-dealkylation sites (tertiary alicyclic amines) is 1. The van der Waals surface area contributed by atoms with Crippen LogP contribution in [0, 0.1) is 0 Å². The van der Waals surface area contributed by atoms with E-state index in [9.17, 15) is 9.59 Å². The van der Waals surface area contributed by atoms with Gasteiger partial charge in [0.05, 0.1) is 16.8 Å². The average molecular weight is 488 g/mol. The number of piperidine rings is 1. The van der Waals surface area contributed by atoms with Crippen molar-refractivity contribution in [2.75, 3.05) is 18.4 Å². The van der Waals surface area contributed by atoms with Crippen LogP contribution in [0.15, 0.2) is 18.2 Å². The van der Waals surface area contributed by atoms with Gasteiger partial charge in [0.2, 0.25) is 0 Å². The first-order valence-corrected chi connectivity index (χ1v) is 11.9. The van der Waals surface area contributed by atoms with Crippen LogP contribution in [0.5, 0.6) is 0 Å². The Balaban J connectivity index is 0.00000256. The smallest absolute Gasteiger partial charge is 0.322 e. The summed E-state index contributed by atoms with van der Waals surface area (Å²) in [5.41, 5.74) is 0.533.